The van der Waals surface area contributed by atoms with Crippen molar-refractivity contribution in [2.75, 3.05) is 6.54 Å². The van der Waals surface area contributed by atoms with Gasteiger partial charge in [-0.3, -0.25) is 0 Å². The molecule has 1 saturated heterocycles. The molecule has 1 fully saturated rings. The largest absolute Gasteiger partial charge is 0.309 e. The Labute approximate surface area is 110 Å². The van der Waals surface area contributed by atoms with Crippen LogP contribution in [0.2, 0.25) is 5.02 Å². The molecule has 1 aliphatic rings. The SMILES string of the molecule is Fc1ccc(-n2cncc2C2CCCN2)c(Cl)c1. The first kappa shape index (κ1) is 11.7. The minimum absolute atomic E-state index is 0.300. The van der Waals surface area contributed by atoms with Gasteiger partial charge in [0.05, 0.1) is 28.9 Å². The minimum atomic E-state index is -0.329. The highest BCUT2D eigenvalue weighted by atomic mass is 35.5. The molecule has 0 bridgehead atoms. The fourth-order valence-corrected chi connectivity index (χ4v) is 2.64. The third kappa shape index (κ3) is 2.02. The molecule has 0 aliphatic carbocycles. The van der Waals surface area contributed by atoms with Crippen LogP contribution in [0.3, 0.4) is 0 Å². The van der Waals surface area contributed by atoms with E-state index in [1.54, 1.807) is 12.4 Å². The molecule has 2 heterocycles. The molecule has 18 heavy (non-hydrogen) atoms. The lowest BCUT2D eigenvalue weighted by atomic mass is 10.1. The number of hydrogen-bond donors (Lipinski definition) is 1. The molecule has 5 heteroatoms. The fourth-order valence-electron chi connectivity index (χ4n) is 2.38. The van der Waals surface area contributed by atoms with Gasteiger partial charge in [-0.05, 0) is 37.6 Å². The van der Waals surface area contributed by atoms with E-state index in [-0.39, 0.29) is 5.82 Å². The van der Waals surface area contributed by atoms with Crippen LogP contribution >= 0.6 is 11.6 Å². The van der Waals surface area contributed by atoms with Crippen molar-refractivity contribution in [3.63, 3.8) is 0 Å². The molecule has 1 atom stereocenters. The van der Waals surface area contributed by atoms with E-state index in [1.165, 1.54) is 12.1 Å². The average Bonchev–Trinajstić information content (AvgIpc) is 2.98. The molecule has 1 unspecified atom stereocenters. The highest BCUT2D eigenvalue weighted by molar-refractivity contribution is 6.32. The van der Waals surface area contributed by atoms with Gasteiger partial charge in [0.1, 0.15) is 5.82 Å². The number of aromatic nitrogens is 2. The van der Waals surface area contributed by atoms with Gasteiger partial charge in [-0.15, -0.1) is 0 Å². The standard InChI is InChI=1S/C13H13ClFN3/c14-10-6-9(15)3-4-12(10)18-8-16-7-13(18)11-2-1-5-17-11/h3-4,6-8,11,17H,1-2,5H2. The molecule has 0 spiro atoms. The second-order valence-corrected chi connectivity index (χ2v) is 4.84. The Kier molecular flexibility index (Phi) is 3.06. The maximum Gasteiger partial charge on any atom is 0.124 e. The van der Waals surface area contributed by atoms with Crippen LogP contribution in [0.5, 0.6) is 0 Å². The summed E-state index contributed by atoms with van der Waals surface area (Å²) in [7, 11) is 0. The van der Waals surface area contributed by atoms with Crippen molar-refractivity contribution in [2.24, 2.45) is 0 Å². The number of nitrogens with one attached hydrogen (secondary N) is 1. The maximum atomic E-state index is 13.1. The van der Waals surface area contributed by atoms with Gasteiger partial charge >= 0.3 is 0 Å². The number of hydrogen-bond acceptors (Lipinski definition) is 2. The van der Waals surface area contributed by atoms with E-state index in [2.05, 4.69) is 10.3 Å². The molecule has 2 aromatic rings. The molecular weight excluding hydrogens is 253 g/mol. The lowest BCUT2D eigenvalue weighted by Crippen LogP contribution is -2.16. The van der Waals surface area contributed by atoms with Crippen LogP contribution in [0.1, 0.15) is 24.6 Å². The average molecular weight is 266 g/mol. The molecule has 3 rings (SSSR count). The Morgan fingerprint density at radius 2 is 2.33 bits per heavy atom. The van der Waals surface area contributed by atoms with Gasteiger partial charge in [0.15, 0.2) is 0 Å². The molecule has 0 amide bonds. The van der Waals surface area contributed by atoms with Crippen molar-refractivity contribution in [3.05, 3.63) is 47.3 Å². The fraction of sp³-hybridized carbons (Fsp3) is 0.308. The van der Waals surface area contributed by atoms with Gasteiger partial charge in [-0.2, -0.15) is 0 Å². The first-order valence-corrected chi connectivity index (χ1v) is 6.34. The Morgan fingerprint density at radius 1 is 1.44 bits per heavy atom. The first-order chi connectivity index (χ1) is 8.75. The number of imidazole rings is 1. The Balaban J connectivity index is 2.03. The van der Waals surface area contributed by atoms with Gasteiger partial charge < -0.3 is 9.88 Å². The van der Waals surface area contributed by atoms with Gasteiger partial charge in [0.2, 0.25) is 0 Å². The molecule has 0 saturated carbocycles. The molecule has 3 nitrogen and oxygen atoms in total. The quantitative estimate of drug-likeness (QED) is 0.904. The lowest BCUT2D eigenvalue weighted by Gasteiger charge is -2.14. The molecule has 1 aromatic heterocycles. The van der Waals surface area contributed by atoms with Crippen molar-refractivity contribution in [1.82, 2.24) is 14.9 Å². The Hall–Kier alpha value is -1.39. The van der Waals surface area contributed by atoms with E-state index in [0.717, 1.165) is 30.8 Å². The maximum absolute atomic E-state index is 13.1. The third-order valence-electron chi connectivity index (χ3n) is 3.25. The van der Waals surface area contributed by atoms with Gasteiger partial charge in [-0.1, -0.05) is 11.6 Å². The summed E-state index contributed by atoms with van der Waals surface area (Å²) in [6.07, 6.45) is 5.80. The van der Waals surface area contributed by atoms with Gasteiger partial charge in [0, 0.05) is 6.04 Å². The van der Waals surface area contributed by atoms with Crippen LogP contribution in [0, 0.1) is 5.82 Å². The summed E-state index contributed by atoms with van der Waals surface area (Å²) in [5, 5.41) is 3.82. The Bertz CT molecular complexity index is 561. The van der Waals surface area contributed by atoms with E-state index in [1.807, 2.05) is 10.8 Å². The van der Waals surface area contributed by atoms with E-state index in [9.17, 15) is 4.39 Å². The van der Waals surface area contributed by atoms with Crippen molar-refractivity contribution in [1.29, 1.82) is 0 Å². The number of rotatable bonds is 2. The van der Waals surface area contributed by atoms with Crippen LogP contribution in [0.15, 0.2) is 30.7 Å². The van der Waals surface area contributed by atoms with Crippen molar-refractivity contribution in [3.8, 4) is 5.69 Å². The van der Waals surface area contributed by atoms with Gasteiger partial charge in [-0.25, -0.2) is 9.37 Å². The monoisotopic (exact) mass is 265 g/mol. The van der Waals surface area contributed by atoms with Gasteiger partial charge in [0.25, 0.3) is 0 Å². The van der Waals surface area contributed by atoms with E-state index < -0.39 is 0 Å². The predicted molar refractivity (Wildman–Crippen MR) is 68.5 cm³/mol. The van der Waals surface area contributed by atoms with Crippen molar-refractivity contribution in [2.45, 2.75) is 18.9 Å². The minimum Gasteiger partial charge on any atom is -0.309 e. The van der Waals surface area contributed by atoms with Crippen molar-refractivity contribution < 1.29 is 4.39 Å². The second kappa shape index (κ2) is 4.71. The summed E-state index contributed by atoms with van der Waals surface area (Å²) < 4.78 is 15.0. The second-order valence-electron chi connectivity index (χ2n) is 4.43. The first-order valence-electron chi connectivity index (χ1n) is 5.97. The third-order valence-corrected chi connectivity index (χ3v) is 3.56. The molecule has 0 radical (unpaired) electrons. The molecule has 1 aliphatic heterocycles. The Morgan fingerprint density at radius 3 is 3.06 bits per heavy atom. The highest BCUT2D eigenvalue weighted by Crippen LogP contribution is 2.28. The summed E-state index contributed by atoms with van der Waals surface area (Å²) in [4.78, 5) is 4.18. The molecule has 1 N–H and O–H groups in total. The lowest BCUT2D eigenvalue weighted by molar-refractivity contribution is 0.613. The van der Waals surface area contributed by atoms with Crippen LogP contribution in [0.25, 0.3) is 5.69 Å². The number of halogens is 2. The predicted octanol–water partition coefficient (Wildman–Crippen LogP) is 3.09. The van der Waals surface area contributed by atoms with Crippen LogP contribution in [0.4, 0.5) is 4.39 Å². The zero-order chi connectivity index (χ0) is 12.5. The van der Waals surface area contributed by atoms with E-state index in [0.29, 0.717) is 11.1 Å². The van der Waals surface area contributed by atoms with Crippen LogP contribution < -0.4 is 5.32 Å². The normalized spacial score (nSPS) is 19.3. The molecule has 1 aromatic carbocycles. The zero-order valence-corrected chi connectivity index (χ0v) is 10.5. The number of benzene rings is 1. The summed E-state index contributed by atoms with van der Waals surface area (Å²) in [6.45, 7) is 1.02. The molecular formula is C13H13ClFN3. The smallest absolute Gasteiger partial charge is 0.124 e. The van der Waals surface area contributed by atoms with Crippen molar-refractivity contribution >= 4 is 11.6 Å². The van der Waals surface area contributed by atoms with Crippen LogP contribution in [-0.4, -0.2) is 16.1 Å². The van der Waals surface area contributed by atoms with Crippen LogP contribution in [-0.2, 0) is 0 Å². The van der Waals surface area contributed by atoms with E-state index in [4.69, 9.17) is 11.6 Å². The topological polar surface area (TPSA) is 29.9 Å². The molecule has 94 valence electrons. The van der Waals surface area contributed by atoms with E-state index >= 15 is 0 Å². The summed E-state index contributed by atoms with van der Waals surface area (Å²) >= 11 is 6.09. The number of nitrogens with zero attached hydrogens (tertiary/aromatic N) is 2. The summed E-state index contributed by atoms with van der Waals surface area (Å²) in [5.74, 6) is -0.329. The summed E-state index contributed by atoms with van der Waals surface area (Å²) in [5.41, 5.74) is 1.83. The summed E-state index contributed by atoms with van der Waals surface area (Å²) in [6, 6.07) is 4.71. The highest BCUT2D eigenvalue weighted by Gasteiger charge is 2.21. The zero-order valence-electron chi connectivity index (χ0n) is 9.74.